The van der Waals surface area contributed by atoms with E-state index in [1.807, 2.05) is 49.4 Å². The molecular weight excluding hydrogens is 498 g/mol. The molecule has 9 nitrogen and oxygen atoms in total. The molecule has 0 saturated carbocycles. The highest BCUT2D eigenvalue weighted by atomic mass is 16.5. The molecule has 200 valence electrons. The number of pyridine rings is 1. The summed E-state index contributed by atoms with van der Waals surface area (Å²) in [6.07, 6.45) is 3.78. The Morgan fingerprint density at radius 2 is 1.82 bits per heavy atom. The quantitative estimate of drug-likeness (QED) is 0.386. The van der Waals surface area contributed by atoms with Crippen LogP contribution >= 0.6 is 0 Å². The van der Waals surface area contributed by atoms with Gasteiger partial charge in [-0.2, -0.15) is 0 Å². The molecule has 0 radical (unpaired) electrons. The van der Waals surface area contributed by atoms with E-state index in [0.29, 0.717) is 35.7 Å². The fourth-order valence-electron chi connectivity index (χ4n) is 5.07. The van der Waals surface area contributed by atoms with E-state index in [2.05, 4.69) is 10.6 Å². The minimum Gasteiger partial charge on any atom is -0.508 e. The van der Waals surface area contributed by atoms with Crippen molar-refractivity contribution in [1.82, 2.24) is 15.6 Å². The van der Waals surface area contributed by atoms with Crippen LogP contribution in [0.3, 0.4) is 0 Å². The SMILES string of the molecule is CCOC(=O)C1=C(COC(=O)c2c3c(nc4ccccc24)/C(=C\c2ccc(O)cc2)CC3)NC(=O)N[C@H]1CC. The normalized spacial score (nSPS) is 17.5. The maximum absolute atomic E-state index is 13.6. The summed E-state index contributed by atoms with van der Waals surface area (Å²) in [5.74, 6) is -0.941. The van der Waals surface area contributed by atoms with Crippen LogP contribution < -0.4 is 10.6 Å². The van der Waals surface area contributed by atoms with Crippen molar-refractivity contribution in [3.63, 3.8) is 0 Å². The van der Waals surface area contributed by atoms with E-state index in [1.54, 1.807) is 19.1 Å². The average molecular weight is 528 g/mol. The maximum atomic E-state index is 13.6. The van der Waals surface area contributed by atoms with Gasteiger partial charge in [0.15, 0.2) is 0 Å². The molecular formula is C30H29N3O6. The van der Waals surface area contributed by atoms with Gasteiger partial charge < -0.3 is 25.2 Å². The number of carbonyl (C=O) groups excluding carboxylic acids is 3. The summed E-state index contributed by atoms with van der Waals surface area (Å²) >= 11 is 0. The second-order valence-electron chi connectivity index (χ2n) is 9.34. The van der Waals surface area contributed by atoms with Gasteiger partial charge in [0.2, 0.25) is 0 Å². The van der Waals surface area contributed by atoms with Crippen molar-refractivity contribution in [2.24, 2.45) is 0 Å². The number of rotatable bonds is 7. The van der Waals surface area contributed by atoms with Crippen molar-refractivity contribution < 1.29 is 29.0 Å². The van der Waals surface area contributed by atoms with Gasteiger partial charge in [-0.25, -0.2) is 19.4 Å². The Hall–Kier alpha value is -4.66. The number of phenols is 1. The van der Waals surface area contributed by atoms with Crippen molar-refractivity contribution in [3.8, 4) is 5.75 Å². The number of esters is 2. The number of carbonyl (C=O) groups is 3. The van der Waals surface area contributed by atoms with Gasteiger partial charge in [-0.1, -0.05) is 37.3 Å². The Morgan fingerprint density at radius 1 is 1.05 bits per heavy atom. The average Bonchev–Trinajstić information content (AvgIpc) is 3.32. The molecule has 0 unspecified atom stereocenters. The molecule has 1 aliphatic carbocycles. The van der Waals surface area contributed by atoms with Gasteiger partial charge >= 0.3 is 18.0 Å². The number of fused-ring (bicyclic) bond motifs is 2. The third kappa shape index (κ3) is 5.20. The second-order valence-corrected chi connectivity index (χ2v) is 9.34. The molecule has 39 heavy (non-hydrogen) atoms. The molecule has 0 saturated heterocycles. The van der Waals surface area contributed by atoms with E-state index in [9.17, 15) is 19.5 Å². The summed E-state index contributed by atoms with van der Waals surface area (Å²) in [5.41, 5.74) is 4.98. The standard InChI is InChI=1S/C30H29N3O6/c1-3-22-26(29(36)38-4-2)24(33-30(37)32-22)16-39-28(35)25-20-7-5-6-8-23(20)31-27-18(11-14-21(25)27)15-17-9-12-19(34)13-10-17/h5-10,12-13,15,22,34H,3-4,11,14,16H2,1-2H3,(H2,32,33,37)/b18-15-/t22-/m0/s1. The number of nitrogens with zero attached hydrogens (tertiary/aromatic N) is 1. The van der Waals surface area contributed by atoms with Gasteiger partial charge in [0.05, 0.1) is 40.7 Å². The Labute approximate surface area is 225 Å². The van der Waals surface area contributed by atoms with Crippen LogP contribution in [0.2, 0.25) is 0 Å². The number of phenolic OH excluding ortho intramolecular Hbond substituents is 1. The Bertz CT molecular complexity index is 1520. The Balaban J connectivity index is 1.51. The summed E-state index contributed by atoms with van der Waals surface area (Å²) in [7, 11) is 0. The molecule has 2 heterocycles. The van der Waals surface area contributed by atoms with Crippen LogP contribution in [-0.2, 0) is 20.7 Å². The van der Waals surface area contributed by atoms with Crippen LogP contribution in [0.25, 0.3) is 22.6 Å². The summed E-state index contributed by atoms with van der Waals surface area (Å²) in [4.78, 5) is 43.4. The number of para-hydroxylation sites is 1. The first-order chi connectivity index (χ1) is 18.9. The monoisotopic (exact) mass is 527 g/mol. The lowest BCUT2D eigenvalue weighted by Gasteiger charge is -2.28. The summed E-state index contributed by atoms with van der Waals surface area (Å²) in [5, 5.41) is 15.6. The molecule has 5 rings (SSSR count). The smallest absolute Gasteiger partial charge is 0.339 e. The van der Waals surface area contributed by atoms with Gasteiger partial charge in [0.25, 0.3) is 0 Å². The largest absolute Gasteiger partial charge is 0.508 e. The third-order valence-electron chi connectivity index (χ3n) is 6.87. The lowest BCUT2D eigenvalue weighted by Crippen LogP contribution is -2.51. The number of allylic oxidation sites excluding steroid dienone is 1. The molecule has 3 aromatic rings. The number of urea groups is 1. The molecule has 2 amide bonds. The topological polar surface area (TPSA) is 127 Å². The number of benzene rings is 2. The number of aromatic nitrogens is 1. The predicted octanol–water partition coefficient (Wildman–Crippen LogP) is 4.49. The molecule has 0 bridgehead atoms. The summed E-state index contributed by atoms with van der Waals surface area (Å²) in [6.45, 7) is 3.43. The van der Waals surface area contributed by atoms with Gasteiger partial charge in [0, 0.05) is 5.39 Å². The summed E-state index contributed by atoms with van der Waals surface area (Å²) < 4.78 is 10.9. The minimum absolute atomic E-state index is 0.176. The highest BCUT2D eigenvalue weighted by Gasteiger charge is 2.33. The van der Waals surface area contributed by atoms with Crippen LogP contribution in [0.1, 0.15) is 53.9 Å². The number of hydrogen-bond acceptors (Lipinski definition) is 7. The van der Waals surface area contributed by atoms with E-state index in [0.717, 1.165) is 22.4 Å². The van der Waals surface area contributed by atoms with E-state index < -0.39 is 24.0 Å². The van der Waals surface area contributed by atoms with Crippen molar-refractivity contribution >= 4 is 40.5 Å². The van der Waals surface area contributed by atoms with Crippen LogP contribution in [0.15, 0.2) is 59.8 Å². The third-order valence-corrected chi connectivity index (χ3v) is 6.87. The first-order valence-corrected chi connectivity index (χ1v) is 13.0. The van der Waals surface area contributed by atoms with Crippen LogP contribution in [-0.4, -0.2) is 47.3 Å². The number of nitrogens with one attached hydrogen (secondary N) is 2. The minimum atomic E-state index is -0.567. The molecule has 3 N–H and O–H groups in total. The zero-order valence-electron chi connectivity index (χ0n) is 21.7. The Kier molecular flexibility index (Phi) is 7.31. The molecule has 0 spiro atoms. The van der Waals surface area contributed by atoms with Crippen LogP contribution in [0, 0.1) is 0 Å². The maximum Gasteiger partial charge on any atom is 0.339 e. The molecule has 1 aliphatic heterocycles. The van der Waals surface area contributed by atoms with E-state index in [-0.39, 0.29) is 30.2 Å². The number of ether oxygens (including phenoxy) is 2. The van der Waals surface area contributed by atoms with Gasteiger partial charge in [-0.05, 0) is 67.2 Å². The fraction of sp³-hybridized carbons (Fsp3) is 0.267. The fourth-order valence-corrected chi connectivity index (χ4v) is 5.07. The number of aromatic hydroxyl groups is 1. The lowest BCUT2D eigenvalue weighted by atomic mass is 10.00. The lowest BCUT2D eigenvalue weighted by molar-refractivity contribution is -0.139. The zero-order valence-corrected chi connectivity index (χ0v) is 21.7. The molecule has 2 aliphatic rings. The van der Waals surface area contributed by atoms with Gasteiger partial charge in [-0.3, -0.25) is 0 Å². The second kappa shape index (κ2) is 11.0. The molecule has 2 aromatic carbocycles. The first kappa shape index (κ1) is 26.0. The van der Waals surface area contributed by atoms with Crippen LogP contribution in [0.4, 0.5) is 4.79 Å². The first-order valence-electron chi connectivity index (χ1n) is 13.0. The van der Waals surface area contributed by atoms with Crippen molar-refractivity contribution in [3.05, 3.63) is 82.2 Å². The van der Waals surface area contributed by atoms with Crippen molar-refractivity contribution in [2.45, 2.75) is 39.2 Å². The number of hydrogen-bond donors (Lipinski definition) is 3. The zero-order chi connectivity index (χ0) is 27.5. The van der Waals surface area contributed by atoms with E-state index in [4.69, 9.17) is 14.5 Å². The predicted molar refractivity (Wildman–Crippen MR) is 146 cm³/mol. The summed E-state index contributed by atoms with van der Waals surface area (Å²) in [6, 6.07) is 13.3. The molecule has 1 aromatic heterocycles. The van der Waals surface area contributed by atoms with Crippen molar-refractivity contribution in [2.75, 3.05) is 13.2 Å². The van der Waals surface area contributed by atoms with Gasteiger partial charge in [0.1, 0.15) is 12.4 Å². The molecule has 9 heteroatoms. The Morgan fingerprint density at radius 3 is 2.56 bits per heavy atom. The van der Waals surface area contributed by atoms with Gasteiger partial charge in [-0.15, -0.1) is 0 Å². The van der Waals surface area contributed by atoms with E-state index >= 15 is 0 Å². The molecule has 0 fully saturated rings. The van der Waals surface area contributed by atoms with E-state index in [1.165, 1.54) is 0 Å². The van der Waals surface area contributed by atoms with Crippen LogP contribution in [0.5, 0.6) is 5.75 Å². The molecule has 1 atom stereocenters. The highest BCUT2D eigenvalue weighted by molar-refractivity contribution is 6.07. The number of amides is 2. The van der Waals surface area contributed by atoms with Crippen molar-refractivity contribution in [1.29, 1.82) is 0 Å². The highest BCUT2D eigenvalue weighted by Crippen LogP contribution is 2.38.